The number of aromatic nitrogens is 1. The van der Waals surface area contributed by atoms with E-state index in [0.717, 1.165) is 46.3 Å². The number of pyridine rings is 1. The van der Waals surface area contributed by atoms with Crippen molar-refractivity contribution in [3.63, 3.8) is 0 Å². The molecule has 0 amide bonds. The van der Waals surface area contributed by atoms with Gasteiger partial charge in [0.25, 0.3) is 0 Å². The molecule has 1 fully saturated rings. The number of rotatable bonds is 6. The Kier molecular flexibility index (Phi) is 6.37. The van der Waals surface area contributed by atoms with E-state index < -0.39 is 10.0 Å². The fourth-order valence-electron chi connectivity index (χ4n) is 4.12. The summed E-state index contributed by atoms with van der Waals surface area (Å²) < 4.78 is 35.7. The van der Waals surface area contributed by atoms with Crippen LogP contribution in [0, 0.1) is 13.8 Å². The minimum atomic E-state index is -3.85. The Balaban J connectivity index is 1.72. The lowest BCUT2D eigenvalue weighted by Crippen LogP contribution is -2.26. The first kappa shape index (κ1) is 22.5. The smallest absolute Gasteiger partial charge is 0.240 e. The second-order valence-electron chi connectivity index (χ2n) is 8.33. The monoisotopic (exact) mass is 455 g/mol. The molecule has 1 aromatic heterocycles. The highest BCUT2D eigenvalue weighted by atomic mass is 32.2. The number of fused-ring (bicyclic) bond motifs is 1. The Morgan fingerprint density at radius 1 is 1.16 bits per heavy atom. The molecule has 1 saturated heterocycles. The average Bonchev–Trinajstić information content (AvgIpc) is 2.74. The number of para-hydroxylation sites is 1. The standard InChI is InChI=1S/C24H29N3O4S/c1-15-12-19(16(2)26-21-6-4-5-7-24(21)32(25,28)29)20-14-23(17(3)27-22(20)13-15)31-18-8-10-30-11-9-18/h4-7,12-14,16,18,26H,8-11H2,1-3H3,(H2,25,28,29). The van der Waals surface area contributed by atoms with Gasteiger partial charge in [-0.15, -0.1) is 0 Å². The van der Waals surface area contributed by atoms with E-state index in [1.807, 2.05) is 26.8 Å². The molecule has 0 spiro atoms. The van der Waals surface area contributed by atoms with Crippen molar-refractivity contribution in [2.24, 2.45) is 5.14 Å². The summed E-state index contributed by atoms with van der Waals surface area (Å²) in [5, 5.41) is 9.70. The number of hydrogen-bond acceptors (Lipinski definition) is 6. The summed E-state index contributed by atoms with van der Waals surface area (Å²) in [4.78, 5) is 4.88. The molecule has 7 nitrogen and oxygen atoms in total. The molecular weight excluding hydrogens is 426 g/mol. The first-order valence-electron chi connectivity index (χ1n) is 10.8. The molecule has 0 aliphatic carbocycles. The van der Waals surface area contributed by atoms with Crippen LogP contribution in [0.5, 0.6) is 5.75 Å². The number of ether oxygens (including phenoxy) is 2. The number of primary sulfonamides is 1. The predicted octanol–water partition coefficient (Wildman–Crippen LogP) is 4.23. The summed E-state index contributed by atoms with van der Waals surface area (Å²) in [6.45, 7) is 7.39. The third-order valence-corrected chi connectivity index (χ3v) is 6.72. The molecule has 1 aliphatic rings. The number of anilines is 1. The van der Waals surface area contributed by atoms with Crippen LogP contribution in [0.1, 0.15) is 42.6 Å². The summed E-state index contributed by atoms with van der Waals surface area (Å²) >= 11 is 0. The van der Waals surface area contributed by atoms with E-state index in [1.54, 1.807) is 18.2 Å². The third-order valence-electron chi connectivity index (χ3n) is 5.75. The van der Waals surface area contributed by atoms with Gasteiger partial charge in [-0.2, -0.15) is 0 Å². The molecule has 8 heteroatoms. The van der Waals surface area contributed by atoms with Gasteiger partial charge in [0.2, 0.25) is 10.0 Å². The molecule has 4 rings (SSSR count). The van der Waals surface area contributed by atoms with Gasteiger partial charge in [0.05, 0.1) is 30.1 Å². The van der Waals surface area contributed by atoms with Crippen molar-refractivity contribution >= 4 is 26.6 Å². The van der Waals surface area contributed by atoms with Gasteiger partial charge in [-0.3, -0.25) is 0 Å². The molecule has 0 radical (unpaired) electrons. The molecule has 1 unspecified atom stereocenters. The van der Waals surface area contributed by atoms with Crippen LogP contribution in [0.4, 0.5) is 5.69 Å². The summed E-state index contributed by atoms with van der Waals surface area (Å²) in [6, 6.07) is 12.7. The highest BCUT2D eigenvalue weighted by Gasteiger charge is 2.20. The summed E-state index contributed by atoms with van der Waals surface area (Å²) in [5.41, 5.74) is 4.28. The second-order valence-corrected chi connectivity index (χ2v) is 9.86. The minimum Gasteiger partial charge on any atom is -0.488 e. The number of nitrogens with one attached hydrogen (secondary N) is 1. The predicted molar refractivity (Wildman–Crippen MR) is 126 cm³/mol. The van der Waals surface area contributed by atoms with Crippen LogP contribution in [-0.4, -0.2) is 32.7 Å². The van der Waals surface area contributed by atoms with E-state index in [0.29, 0.717) is 18.9 Å². The normalized spacial score (nSPS) is 16.1. The number of sulfonamides is 1. The van der Waals surface area contributed by atoms with E-state index in [9.17, 15) is 8.42 Å². The van der Waals surface area contributed by atoms with Gasteiger partial charge in [0.1, 0.15) is 16.7 Å². The molecule has 1 atom stereocenters. The first-order valence-corrected chi connectivity index (χ1v) is 12.3. The van der Waals surface area contributed by atoms with Gasteiger partial charge in [-0.25, -0.2) is 18.5 Å². The topological polar surface area (TPSA) is 104 Å². The molecule has 2 aromatic carbocycles. The Labute approximate surface area is 189 Å². The van der Waals surface area contributed by atoms with Crippen molar-refractivity contribution in [1.82, 2.24) is 4.98 Å². The summed E-state index contributed by atoms with van der Waals surface area (Å²) in [6.07, 6.45) is 1.84. The lowest BCUT2D eigenvalue weighted by atomic mass is 9.98. The number of benzene rings is 2. The van der Waals surface area contributed by atoms with E-state index in [-0.39, 0.29) is 17.0 Å². The molecule has 32 heavy (non-hydrogen) atoms. The lowest BCUT2D eigenvalue weighted by molar-refractivity contribution is 0.0252. The van der Waals surface area contributed by atoms with Crippen molar-refractivity contribution in [2.75, 3.05) is 18.5 Å². The second kappa shape index (κ2) is 9.05. The Morgan fingerprint density at radius 2 is 1.88 bits per heavy atom. The van der Waals surface area contributed by atoms with Gasteiger partial charge in [0, 0.05) is 24.3 Å². The fourth-order valence-corrected chi connectivity index (χ4v) is 4.82. The highest BCUT2D eigenvalue weighted by Crippen LogP contribution is 2.33. The molecule has 170 valence electrons. The zero-order valence-corrected chi connectivity index (χ0v) is 19.4. The van der Waals surface area contributed by atoms with Crippen molar-refractivity contribution in [3.8, 4) is 5.75 Å². The van der Waals surface area contributed by atoms with Gasteiger partial charge in [-0.1, -0.05) is 18.2 Å². The molecule has 2 heterocycles. The van der Waals surface area contributed by atoms with Crippen molar-refractivity contribution in [3.05, 3.63) is 59.3 Å². The van der Waals surface area contributed by atoms with Crippen LogP contribution >= 0.6 is 0 Å². The van der Waals surface area contributed by atoms with Gasteiger partial charge < -0.3 is 14.8 Å². The Hall–Kier alpha value is -2.68. The maximum absolute atomic E-state index is 12.0. The van der Waals surface area contributed by atoms with Crippen LogP contribution in [0.3, 0.4) is 0 Å². The van der Waals surface area contributed by atoms with Crippen LogP contribution in [0.2, 0.25) is 0 Å². The molecule has 0 saturated carbocycles. The maximum atomic E-state index is 12.0. The van der Waals surface area contributed by atoms with Gasteiger partial charge in [0.15, 0.2) is 0 Å². The summed E-state index contributed by atoms with van der Waals surface area (Å²) in [5.74, 6) is 0.770. The Bertz CT molecular complexity index is 1240. The molecular formula is C24H29N3O4S. The number of hydrogen-bond donors (Lipinski definition) is 2. The number of aryl methyl sites for hydroxylation is 2. The van der Waals surface area contributed by atoms with E-state index in [2.05, 4.69) is 17.4 Å². The van der Waals surface area contributed by atoms with Crippen molar-refractivity contribution < 1.29 is 17.9 Å². The average molecular weight is 456 g/mol. The van der Waals surface area contributed by atoms with E-state index in [1.165, 1.54) is 6.07 Å². The van der Waals surface area contributed by atoms with Crippen LogP contribution < -0.4 is 15.2 Å². The quantitative estimate of drug-likeness (QED) is 0.576. The van der Waals surface area contributed by atoms with Crippen LogP contribution in [0.15, 0.2) is 47.4 Å². The summed E-state index contributed by atoms with van der Waals surface area (Å²) in [7, 11) is -3.85. The zero-order chi connectivity index (χ0) is 22.9. The maximum Gasteiger partial charge on any atom is 0.240 e. The molecule has 3 aromatic rings. The largest absolute Gasteiger partial charge is 0.488 e. The lowest BCUT2D eigenvalue weighted by Gasteiger charge is -2.25. The molecule has 0 bridgehead atoms. The Morgan fingerprint density at radius 3 is 2.59 bits per heavy atom. The van der Waals surface area contributed by atoms with Crippen molar-refractivity contribution in [2.45, 2.75) is 50.7 Å². The van der Waals surface area contributed by atoms with Gasteiger partial charge in [-0.05, 0) is 56.2 Å². The van der Waals surface area contributed by atoms with Crippen molar-refractivity contribution in [1.29, 1.82) is 0 Å². The highest BCUT2D eigenvalue weighted by molar-refractivity contribution is 7.89. The van der Waals surface area contributed by atoms with Crippen LogP contribution in [0.25, 0.3) is 10.9 Å². The van der Waals surface area contributed by atoms with E-state index >= 15 is 0 Å². The van der Waals surface area contributed by atoms with E-state index in [4.69, 9.17) is 19.6 Å². The number of nitrogens with two attached hydrogens (primary N) is 1. The fraction of sp³-hybridized carbons (Fsp3) is 0.375. The SMILES string of the molecule is Cc1cc(C(C)Nc2ccccc2S(N)(=O)=O)c2cc(OC3CCOCC3)c(C)nc2c1. The van der Waals surface area contributed by atoms with Crippen LogP contribution in [-0.2, 0) is 14.8 Å². The first-order chi connectivity index (χ1) is 15.2. The number of nitrogens with zero attached hydrogens (tertiary/aromatic N) is 1. The minimum absolute atomic E-state index is 0.0707. The molecule has 1 aliphatic heterocycles. The zero-order valence-electron chi connectivity index (χ0n) is 18.6. The third kappa shape index (κ3) is 4.87. The molecule has 3 N–H and O–H groups in total. The van der Waals surface area contributed by atoms with Gasteiger partial charge >= 0.3 is 0 Å².